The topological polar surface area (TPSA) is 80.5 Å². The fourth-order valence-corrected chi connectivity index (χ4v) is 2.79. The maximum Gasteiger partial charge on any atom is 0.171 e. The van der Waals surface area contributed by atoms with Crippen molar-refractivity contribution in [2.24, 2.45) is 23.5 Å². The molecule has 0 bridgehead atoms. The van der Waals surface area contributed by atoms with Crippen LogP contribution in [0.1, 0.15) is 32.0 Å². The van der Waals surface area contributed by atoms with Gasteiger partial charge in [0.05, 0.1) is 0 Å². The van der Waals surface area contributed by atoms with Crippen molar-refractivity contribution in [2.75, 3.05) is 6.54 Å². The minimum atomic E-state index is 0.676. The summed E-state index contributed by atoms with van der Waals surface area (Å²) < 4.78 is 0. The Bertz CT molecular complexity index is 370. The highest BCUT2D eigenvalue weighted by Gasteiger charge is 2.41. The van der Waals surface area contributed by atoms with E-state index in [1.165, 1.54) is 19.3 Å². The molecule has 2 aliphatic rings. The van der Waals surface area contributed by atoms with E-state index in [4.69, 9.17) is 5.73 Å². The van der Waals surface area contributed by atoms with Gasteiger partial charge in [-0.05, 0) is 50.5 Å². The fraction of sp³-hybridized carbons (Fsp3) is 0.750. The second kappa shape index (κ2) is 5.40. The van der Waals surface area contributed by atoms with Gasteiger partial charge in [-0.25, -0.2) is 0 Å². The summed E-state index contributed by atoms with van der Waals surface area (Å²) in [6, 6.07) is 0. The third-order valence-electron chi connectivity index (χ3n) is 3.85. The highest BCUT2D eigenvalue weighted by molar-refractivity contribution is 5.19. The molecule has 5 nitrogen and oxygen atoms in total. The molecule has 3 unspecified atom stereocenters. The number of rotatable bonds is 2. The summed E-state index contributed by atoms with van der Waals surface area (Å²) in [4.78, 5) is 0. The van der Waals surface area contributed by atoms with Gasteiger partial charge in [0.1, 0.15) is 0 Å². The SMILES string of the molecule is CCC1=CC2C(CN)CC2C1.Cc1nn[nH]n1. The number of tetrazole rings is 1. The third-order valence-corrected chi connectivity index (χ3v) is 3.85. The van der Waals surface area contributed by atoms with Crippen molar-refractivity contribution in [1.82, 2.24) is 20.6 Å². The maximum atomic E-state index is 5.65. The van der Waals surface area contributed by atoms with Crippen molar-refractivity contribution in [2.45, 2.75) is 33.1 Å². The Kier molecular flexibility index (Phi) is 3.89. The molecule has 94 valence electrons. The van der Waals surface area contributed by atoms with E-state index in [0.29, 0.717) is 5.82 Å². The molecular formula is C12H21N5. The molecule has 3 N–H and O–H groups in total. The second-order valence-electron chi connectivity index (χ2n) is 4.91. The summed E-state index contributed by atoms with van der Waals surface area (Å²) in [6.07, 6.45) is 6.51. The summed E-state index contributed by atoms with van der Waals surface area (Å²) in [5.41, 5.74) is 7.32. The Morgan fingerprint density at radius 3 is 2.82 bits per heavy atom. The monoisotopic (exact) mass is 235 g/mol. The Hall–Kier alpha value is -1.23. The first-order chi connectivity index (χ1) is 8.24. The van der Waals surface area contributed by atoms with Gasteiger partial charge in [0.25, 0.3) is 0 Å². The molecule has 5 heteroatoms. The Labute approximate surface area is 102 Å². The fourth-order valence-electron chi connectivity index (χ4n) is 2.79. The van der Waals surface area contributed by atoms with Crippen LogP contribution in [0.3, 0.4) is 0 Å². The average molecular weight is 235 g/mol. The second-order valence-corrected chi connectivity index (χ2v) is 4.91. The maximum absolute atomic E-state index is 5.65. The molecule has 0 saturated heterocycles. The Balaban J connectivity index is 0.000000153. The van der Waals surface area contributed by atoms with Gasteiger partial charge < -0.3 is 5.73 Å². The standard InChI is InChI=1S/C10H17N.C2H4N4/c1-2-7-3-8-5-9(6-11)10(8)4-7;1-2-3-5-6-4-2/h4,8-10H,2-3,5-6,11H2,1H3;1H3,(H,3,4,5,6). The Morgan fingerprint density at radius 1 is 1.53 bits per heavy atom. The number of nitrogens with zero attached hydrogens (tertiary/aromatic N) is 3. The highest BCUT2D eigenvalue weighted by atomic mass is 15.5. The molecule has 1 fully saturated rings. The van der Waals surface area contributed by atoms with Crippen LogP contribution in [-0.4, -0.2) is 27.2 Å². The normalized spacial score (nSPS) is 29.8. The van der Waals surface area contributed by atoms with Crippen molar-refractivity contribution in [3.05, 3.63) is 17.5 Å². The van der Waals surface area contributed by atoms with Gasteiger partial charge in [0, 0.05) is 0 Å². The molecule has 1 aromatic rings. The van der Waals surface area contributed by atoms with Crippen molar-refractivity contribution in [3.8, 4) is 0 Å². The number of allylic oxidation sites excluding steroid dienone is 2. The Morgan fingerprint density at radius 2 is 2.35 bits per heavy atom. The predicted octanol–water partition coefficient (Wildman–Crippen LogP) is 1.45. The zero-order valence-corrected chi connectivity index (χ0v) is 10.6. The number of aromatic nitrogens is 4. The quantitative estimate of drug-likeness (QED) is 0.760. The van der Waals surface area contributed by atoms with Crippen molar-refractivity contribution < 1.29 is 0 Å². The zero-order valence-electron chi connectivity index (χ0n) is 10.6. The van der Waals surface area contributed by atoms with Crippen LogP contribution in [0, 0.1) is 24.7 Å². The molecule has 0 radical (unpaired) electrons. The summed E-state index contributed by atoms with van der Waals surface area (Å²) in [7, 11) is 0. The van der Waals surface area contributed by atoms with E-state index in [-0.39, 0.29) is 0 Å². The molecule has 1 saturated carbocycles. The molecule has 1 heterocycles. The summed E-state index contributed by atoms with van der Waals surface area (Å²) >= 11 is 0. The van der Waals surface area contributed by atoms with Gasteiger partial charge in [0.2, 0.25) is 0 Å². The lowest BCUT2D eigenvalue weighted by Crippen LogP contribution is -2.37. The van der Waals surface area contributed by atoms with Gasteiger partial charge in [0.15, 0.2) is 5.82 Å². The number of nitrogens with one attached hydrogen (secondary N) is 1. The smallest absolute Gasteiger partial charge is 0.171 e. The average Bonchev–Trinajstić information content (AvgIpc) is 2.90. The number of hydrogen-bond donors (Lipinski definition) is 2. The van der Waals surface area contributed by atoms with Gasteiger partial charge in [-0.2, -0.15) is 5.21 Å². The van der Waals surface area contributed by atoms with Gasteiger partial charge >= 0.3 is 0 Å². The van der Waals surface area contributed by atoms with Crippen molar-refractivity contribution in [3.63, 3.8) is 0 Å². The zero-order chi connectivity index (χ0) is 12.3. The first-order valence-electron chi connectivity index (χ1n) is 6.34. The molecule has 1 aromatic heterocycles. The first-order valence-corrected chi connectivity index (χ1v) is 6.34. The van der Waals surface area contributed by atoms with Crippen LogP contribution in [0.25, 0.3) is 0 Å². The molecule has 0 aromatic carbocycles. The van der Waals surface area contributed by atoms with E-state index in [1.54, 1.807) is 12.5 Å². The van der Waals surface area contributed by atoms with Gasteiger partial charge in [-0.3, -0.25) is 0 Å². The van der Waals surface area contributed by atoms with Crippen molar-refractivity contribution in [1.29, 1.82) is 0 Å². The van der Waals surface area contributed by atoms with Crippen LogP contribution in [0.4, 0.5) is 0 Å². The summed E-state index contributed by atoms with van der Waals surface area (Å²) in [6.45, 7) is 4.92. The third kappa shape index (κ3) is 2.72. The van der Waals surface area contributed by atoms with E-state index >= 15 is 0 Å². The largest absolute Gasteiger partial charge is 0.330 e. The number of H-pyrrole nitrogens is 1. The van der Waals surface area contributed by atoms with Crippen molar-refractivity contribution >= 4 is 0 Å². The number of fused-ring (bicyclic) bond motifs is 1. The lowest BCUT2D eigenvalue weighted by molar-refractivity contribution is 0.137. The van der Waals surface area contributed by atoms with Crippen LogP contribution in [0.2, 0.25) is 0 Å². The number of aryl methyl sites for hydroxylation is 1. The van der Waals surface area contributed by atoms with E-state index in [2.05, 4.69) is 33.6 Å². The lowest BCUT2D eigenvalue weighted by atomic mass is 9.66. The van der Waals surface area contributed by atoms with Crippen LogP contribution in [-0.2, 0) is 0 Å². The van der Waals surface area contributed by atoms with Crippen LogP contribution >= 0.6 is 0 Å². The molecule has 0 aliphatic heterocycles. The predicted molar refractivity (Wildman–Crippen MR) is 66.0 cm³/mol. The van der Waals surface area contributed by atoms with Gasteiger partial charge in [-0.15, -0.1) is 10.2 Å². The van der Waals surface area contributed by atoms with E-state index in [0.717, 1.165) is 24.3 Å². The highest BCUT2D eigenvalue weighted by Crippen LogP contribution is 2.49. The number of nitrogens with two attached hydrogens (primary N) is 1. The minimum Gasteiger partial charge on any atom is -0.330 e. The van der Waals surface area contributed by atoms with Crippen LogP contribution in [0.15, 0.2) is 11.6 Å². The first kappa shape index (κ1) is 12.2. The van der Waals surface area contributed by atoms with Crippen LogP contribution < -0.4 is 5.73 Å². The molecule has 17 heavy (non-hydrogen) atoms. The molecular weight excluding hydrogens is 214 g/mol. The van der Waals surface area contributed by atoms with Crippen LogP contribution in [0.5, 0.6) is 0 Å². The number of hydrogen-bond acceptors (Lipinski definition) is 4. The van der Waals surface area contributed by atoms with E-state index in [1.807, 2.05) is 0 Å². The summed E-state index contributed by atoms with van der Waals surface area (Å²) in [5.74, 6) is 3.35. The van der Waals surface area contributed by atoms with E-state index in [9.17, 15) is 0 Å². The molecule has 3 rings (SSSR count). The molecule has 2 aliphatic carbocycles. The minimum absolute atomic E-state index is 0.676. The molecule has 0 amide bonds. The lowest BCUT2D eigenvalue weighted by Gasteiger charge is -2.39. The molecule has 0 spiro atoms. The molecule has 3 atom stereocenters. The number of aromatic amines is 1. The summed E-state index contributed by atoms with van der Waals surface area (Å²) in [5, 5.41) is 12.7. The van der Waals surface area contributed by atoms with E-state index < -0.39 is 0 Å². The van der Waals surface area contributed by atoms with Gasteiger partial charge in [-0.1, -0.05) is 23.8 Å².